The molecule has 9 heteroatoms. The summed E-state index contributed by atoms with van der Waals surface area (Å²) < 4.78 is 4.99. The van der Waals surface area contributed by atoms with Gasteiger partial charge in [-0.3, -0.25) is 19.7 Å². The number of carbonyl (C=O) groups is 4. The van der Waals surface area contributed by atoms with Gasteiger partial charge in [0.05, 0.1) is 0 Å². The number of amides is 4. The number of ether oxygens (including phenoxy) is 1. The van der Waals surface area contributed by atoms with Gasteiger partial charge in [0.2, 0.25) is 0 Å². The van der Waals surface area contributed by atoms with Crippen LogP contribution in [0.25, 0.3) is 0 Å². The van der Waals surface area contributed by atoms with Crippen LogP contribution in [0.2, 0.25) is 5.02 Å². The van der Waals surface area contributed by atoms with E-state index in [9.17, 15) is 19.2 Å². The number of nitrogens with one attached hydrogen (secondary N) is 2. The molecule has 0 spiro atoms. The second-order valence-corrected chi connectivity index (χ2v) is 5.63. The molecule has 0 heterocycles. The fourth-order valence-electron chi connectivity index (χ4n) is 1.72. The van der Waals surface area contributed by atoms with Crippen molar-refractivity contribution in [3.63, 3.8) is 0 Å². The van der Waals surface area contributed by atoms with Gasteiger partial charge in [0, 0.05) is 10.6 Å². The van der Waals surface area contributed by atoms with Crippen molar-refractivity contribution in [2.45, 2.75) is 20.0 Å². The van der Waals surface area contributed by atoms with Crippen LogP contribution >= 0.6 is 11.6 Å². The highest BCUT2D eigenvalue weighted by atomic mass is 35.5. The molecule has 4 N–H and O–H groups in total. The highest BCUT2D eigenvalue weighted by Gasteiger charge is 2.27. The lowest BCUT2D eigenvalue weighted by Gasteiger charge is -2.19. The Hall–Kier alpha value is -2.61. The van der Waals surface area contributed by atoms with Gasteiger partial charge in [0.15, 0.2) is 6.10 Å². The molecule has 0 aliphatic rings. The molecule has 0 unspecified atom stereocenters. The summed E-state index contributed by atoms with van der Waals surface area (Å²) in [6.45, 7) is 2.82. The van der Waals surface area contributed by atoms with Crippen LogP contribution in [-0.4, -0.2) is 36.5 Å². The first-order valence-corrected chi connectivity index (χ1v) is 7.42. The van der Waals surface area contributed by atoms with E-state index < -0.39 is 36.5 Å². The summed E-state index contributed by atoms with van der Waals surface area (Å²) in [6.07, 6.45) is -1.20. The number of primary amides is 1. The van der Waals surface area contributed by atoms with E-state index in [1.807, 2.05) is 5.32 Å². The molecule has 8 nitrogen and oxygen atoms in total. The van der Waals surface area contributed by atoms with Gasteiger partial charge in [0.1, 0.15) is 6.54 Å². The first kappa shape index (κ1) is 19.4. The van der Waals surface area contributed by atoms with Gasteiger partial charge in [0.25, 0.3) is 11.8 Å². The summed E-state index contributed by atoms with van der Waals surface area (Å²) in [4.78, 5) is 46.1. The molecule has 0 aliphatic heterocycles. The quantitative estimate of drug-likeness (QED) is 0.651. The molecule has 0 aromatic heterocycles. The maximum absolute atomic E-state index is 11.9. The third-order valence-electron chi connectivity index (χ3n) is 2.87. The molecule has 1 atom stereocenters. The Morgan fingerprint density at radius 3 is 2.25 bits per heavy atom. The molecule has 1 aromatic rings. The zero-order chi connectivity index (χ0) is 18.3. The van der Waals surface area contributed by atoms with E-state index in [1.54, 1.807) is 13.8 Å². The number of carbonyl (C=O) groups excluding carboxylic acids is 4. The molecule has 24 heavy (non-hydrogen) atoms. The minimum absolute atomic E-state index is 0.319. The van der Waals surface area contributed by atoms with Crippen molar-refractivity contribution >= 4 is 35.4 Å². The standard InChI is InChI=1S/C15H18ClN3O5/c1-8(2)12(14(22)19-15(17)23)24-11(20)7-18-13(21)9-3-5-10(16)6-4-9/h3-6,8,12H,7H2,1-2H3,(H,18,21)(H3,17,19,22,23)/t12-/m1/s1. The summed E-state index contributed by atoms with van der Waals surface area (Å²) in [5.41, 5.74) is 5.18. The Morgan fingerprint density at radius 1 is 1.17 bits per heavy atom. The molecule has 130 valence electrons. The van der Waals surface area contributed by atoms with Crippen molar-refractivity contribution < 1.29 is 23.9 Å². The second-order valence-electron chi connectivity index (χ2n) is 5.20. The van der Waals surface area contributed by atoms with E-state index >= 15 is 0 Å². The number of nitrogens with two attached hydrogens (primary N) is 1. The number of esters is 1. The normalized spacial score (nSPS) is 11.5. The van der Waals surface area contributed by atoms with Crippen LogP contribution in [0.1, 0.15) is 24.2 Å². The number of hydrogen-bond donors (Lipinski definition) is 3. The van der Waals surface area contributed by atoms with Crippen LogP contribution in [0.3, 0.4) is 0 Å². The molecule has 0 aliphatic carbocycles. The second kappa shape index (κ2) is 8.88. The zero-order valence-corrected chi connectivity index (χ0v) is 13.9. The molecular formula is C15H18ClN3O5. The maximum Gasteiger partial charge on any atom is 0.326 e. The average molecular weight is 356 g/mol. The number of hydrogen-bond acceptors (Lipinski definition) is 5. The Kier molecular flexibility index (Phi) is 7.19. The predicted octanol–water partition coefficient (Wildman–Crippen LogP) is 0.833. The fourth-order valence-corrected chi connectivity index (χ4v) is 1.85. The van der Waals surface area contributed by atoms with E-state index in [2.05, 4.69) is 5.32 Å². The summed E-state index contributed by atoms with van der Waals surface area (Å²) in [5, 5.41) is 4.69. The van der Waals surface area contributed by atoms with E-state index in [0.717, 1.165) is 0 Å². The minimum atomic E-state index is -1.20. The van der Waals surface area contributed by atoms with Gasteiger partial charge < -0.3 is 15.8 Å². The largest absolute Gasteiger partial charge is 0.451 e. The van der Waals surface area contributed by atoms with Crippen LogP contribution in [0.4, 0.5) is 4.79 Å². The van der Waals surface area contributed by atoms with Crippen LogP contribution in [-0.2, 0) is 14.3 Å². The topological polar surface area (TPSA) is 128 Å². The zero-order valence-electron chi connectivity index (χ0n) is 13.2. The van der Waals surface area contributed by atoms with Crippen LogP contribution < -0.4 is 16.4 Å². The Bertz CT molecular complexity index is 631. The van der Waals surface area contributed by atoms with E-state index in [0.29, 0.717) is 10.6 Å². The molecule has 1 rings (SSSR count). The Labute approximate surface area is 143 Å². The van der Waals surface area contributed by atoms with E-state index in [-0.39, 0.29) is 5.92 Å². The highest BCUT2D eigenvalue weighted by molar-refractivity contribution is 6.30. The molecule has 0 bridgehead atoms. The molecular weight excluding hydrogens is 338 g/mol. The molecule has 0 radical (unpaired) electrons. The van der Waals surface area contributed by atoms with Gasteiger partial charge in [-0.05, 0) is 30.2 Å². The first-order valence-electron chi connectivity index (χ1n) is 7.04. The molecule has 0 fully saturated rings. The number of imide groups is 1. The van der Waals surface area contributed by atoms with E-state index in [1.165, 1.54) is 24.3 Å². The van der Waals surface area contributed by atoms with Crippen molar-refractivity contribution in [3.8, 4) is 0 Å². The molecule has 4 amide bonds. The third kappa shape index (κ3) is 6.25. The molecule has 1 aromatic carbocycles. The summed E-state index contributed by atoms with van der Waals surface area (Å²) in [7, 11) is 0. The number of urea groups is 1. The number of benzene rings is 1. The molecule has 0 saturated heterocycles. The SMILES string of the molecule is CC(C)[C@@H](OC(=O)CNC(=O)c1ccc(Cl)cc1)C(=O)NC(N)=O. The molecule has 0 saturated carbocycles. The minimum Gasteiger partial charge on any atom is -0.451 e. The third-order valence-corrected chi connectivity index (χ3v) is 3.12. The van der Waals surface area contributed by atoms with Crippen molar-refractivity contribution in [1.82, 2.24) is 10.6 Å². The van der Waals surface area contributed by atoms with Crippen molar-refractivity contribution in [2.24, 2.45) is 11.7 Å². The first-order chi connectivity index (χ1) is 11.2. The lowest BCUT2D eigenvalue weighted by molar-refractivity contribution is -0.157. The van der Waals surface area contributed by atoms with Crippen molar-refractivity contribution in [1.29, 1.82) is 0 Å². The lowest BCUT2D eigenvalue weighted by Crippen LogP contribution is -2.46. The van der Waals surface area contributed by atoms with E-state index in [4.69, 9.17) is 22.1 Å². The fraction of sp³-hybridized carbons (Fsp3) is 0.333. The highest BCUT2D eigenvalue weighted by Crippen LogP contribution is 2.10. The van der Waals surface area contributed by atoms with Gasteiger partial charge in [-0.15, -0.1) is 0 Å². The number of rotatable bonds is 6. The average Bonchev–Trinajstić information content (AvgIpc) is 2.49. The van der Waals surface area contributed by atoms with Crippen LogP contribution in [0.5, 0.6) is 0 Å². The smallest absolute Gasteiger partial charge is 0.326 e. The van der Waals surface area contributed by atoms with Crippen LogP contribution in [0.15, 0.2) is 24.3 Å². The Balaban J connectivity index is 2.56. The lowest BCUT2D eigenvalue weighted by atomic mass is 10.1. The summed E-state index contributed by atoms with van der Waals surface area (Å²) in [5.74, 6) is -2.53. The summed E-state index contributed by atoms with van der Waals surface area (Å²) >= 11 is 5.72. The van der Waals surface area contributed by atoms with Gasteiger partial charge in [-0.2, -0.15) is 0 Å². The maximum atomic E-state index is 11.9. The van der Waals surface area contributed by atoms with Crippen molar-refractivity contribution in [3.05, 3.63) is 34.9 Å². The van der Waals surface area contributed by atoms with Gasteiger partial charge >= 0.3 is 12.0 Å². The number of halogens is 1. The monoisotopic (exact) mass is 355 g/mol. The van der Waals surface area contributed by atoms with Crippen molar-refractivity contribution in [2.75, 3.05) is 6.54 Å². The summed E-state index contributed by atoms with van der Waals surface area (Å²) in [6, 6.07) is 5.04. The van der Waals surface area contributed by atoms with Crippen LogP contribution in [0, 0.1) is 5.92 Å². The Morgan fingerprint density at radius 2 is 1.75 bits per heavy atom. The van der Waals surface area contributed by atoms with Gasteiger partial charge in [-0.1, -0.05) is 25.4 Å². The van der Waals surface area contributed by atoms with Gasteiger partial charge in [-0.25, -0.2) is 4.79 Å². The predicted molar refractivity (Wildman–Crippen MR) is 86.2 cm³/mol.